The third-order valence-corrected chi connectivity index (χ3v) is 4.68. The maximum Gasteiger partial charge on any atom is 0.317 e. The number of amides is 2. The van der Waals surface area contributed by atoms with E-state index in [0.29, 0.717) is 50.8 Å². The number of pyridine rings is 1. The zero-order valence-electron chi connectivity index (χ0n) is 15.7. The van der Waals surface area contributed by atoms with Gasteiger partial charge in [-0.05, 0) is 24.3 Å². The molecular weight excluding hydrogens is 372 g/mol. The lowest BCUT2D eigenvalue weighted by molar-refractivity contribution is 0.194. The number of oxazole rings is 1. The Labute approximate surface area is 167 Å². The zero-order chi connectivity index (χ0) is 20.1. The molecule has 3 aromatic heterocycles. The summed E-state index contributed by atoms with van der Waals surface area (Å²) in [7, 11) is 0. The molecule has 0 radical (unpaired) electrons. The number of nitriles is 1. The number of piperazine rings is 1. The Kier molecular flexibility index (Phi) is 5.42. The van der Waals surface area contributed by atoms with Crippen molar-refractivity contribution in [3.8, 4) is 17.7 Å². The molecule has 1 N–H and O–H groups in total. The highest BCUT2D eigenvalue weighted by molar-refractivity contribution is 5.74. The molecule has 0 unspecified atom stereocenters. The minimum absolute atomic E-state index is 0.102. The third kappa shape index (κ3) is 4.21. The molecule has 1 fully saturated rings. The van der Waals surface area contributed by atoms with Crippen LogP contribution in [0.5, 0.6) is 0 Å². The smallest absolute Gasteiger partial charge is 0.317 e. The molecule has 2 amide bonds. The standard InChI is InChI=1S/C20H20N6O3/c21-14-16-19(29-18(24-16)17-5-3-13-28-17)25-9-11-26(12-10-25)20(27)23-8-6-15-4-1-2-7-22-15/h1-5,7,13H,6,8-12H2,(H,23,27). The SMILES string of the molecule is N#Cc1nc(-c2ccco2)oc1N1CCN(C(=O)NCCc2ccccn2)CC1. The van der Waals surface area contributed by atoms with E-state index in [-0.39, 0.29) is 17.6 Å². The first-order chi connectivity index (χ1) is 14.2. The van der Waals surface area contributed by atoms with Crippen molar-refractivity contribution in [2.24, 2.45) is 0 Å². The predicted octanol–water partition coefficient (Wildman–Crippen LogP) is 2.28. The van der Waals surface area contributed by atoms with Crippen LogP contribution in [-0.4, -0.2) is 53.6 Å². The van der Waals surface area contributed by atoms with Gasteiger partial charge in [0.2, 0.25) is 11.6 Å². The van der Waals surface area contributed by atoms with Crippen molar-refractivity contribution in [2.75, 3.05) is 37.6 Å². The average molecular weight is 392 g/mol. The van der Waals surface area contributed by atoms with E-state index in [1.807, 2.05) is 23.1 Å². The largest absolute Gasteiger partial charge is 0.459 e. The Morgan fingerprint density at radius 3 is 2.76 bits per heavy atom. The van der Waals surface area contributed by atoms with Crippen molar-refractivity contribution in [3.63, 3.8) is 0 Å². The van der Waals surface area contributed by atoms with E-state index in [9.17, 15) is 10.1 Å². The van der Waals surface area contributed by atoms with Crippen molar-refractivity contribution >= 4 is 11.9 Å². The van der Waals surface area contributed by atoms with Gasteiger partial charge in [-0.3, -0.25) is 4.98 Å². The number of nitrogens with zero attached hydrogens (tertiary/aromatic N) is 5. The molecular formula is C20H20N6O3. The van der Waals surface area contributed by atoms with Gasteiger partial charge in [-0.1, -0.05) is 6.07 Å². The Hall–Kier alpha value is -3.80. The van der Waals surface area contributed by atoms with Gasteiger partial charge < -0.3 is 24.0 Å². The first kappa shape index (κ1) is 18.6. The van der Waals surface area contributed by atoms with Crippen LogP contribution in [0.25, 0.3) is 11.7 Å². The molecule has 4 heterocycles. The normalized spacial score (nSPS) is 13.9. The molecule has 0 atom stereocenters. The highest BCUT2D eigenvalue weighted by Gasteiger charge is 2.27. The number of hydrogen-bond acceptors (Lipinski definition) is 7. The molecule has 4 rings (SSSR count). The molecule has 0 spiro atoms. The maximum absolute atomic E-state index is 12.4. The topological polar surface area (TPSA) is 111 Å². The molecule has 148 valence electrons. The van der Waals surface area contributed by atoms with E-state index in [1.165, 1.54) is 6.26 Å². The summed E-state index contributed by atoms with van der Waals surface area (Å²) in [6.07, 6.45) is 3.95. The number of aromatic nitrogens is 2. The van der Waals surface area contributed by atoms with Crippen molar-refractivity contribution in [1.29, 1.82) is 5.26 Å². The van der Waals surface area contributed by atoms with Crippen LogP contribution < -0.4 is 10.2 Å². The van der Waals surface area contributed by atoms with Crippen LogP contribution in [0.15, 0.2) is 51.6 Å². The van der Waals surface area contributed by atoms with Crippen LogP contribution in [0, 0.1) is 11.3 Å². The van der Waals surface area contributed by atoms with E-state index in [4.69, 9.17) is 8.83 Å². The molecule has 0 aromatic carbocycles. The quantitative estimate of drug-likeness (QED) is 0.709. The summed E-state index contributed by atoms with van der Waals surface area (Å²) >= 11 is 0. The van der Waals surface area contributed by atoms with Crippen LogP contribution in [0.3, 0.4) is 0 Å². The van der Waals surface area contributed by atoms with E-state index in [0.717, 1.165) is 5.69 Å². The van der Waals surface area contributed by atoms with Crippen molar-refractivity contribution in [2.45, 2.75) is 6.42 Å². The summed E-state index contributed by atoms with van der Waals surface area (Å²) in [5.74, 6) is 1.16. The molecule has 29 heavy (non-hydrogen) atoms. The summed E-state index contributed by atoms with van der Waals surface area (Å²) in [5.41, 5.74) is 1.16. The van der Waals surface area contributed by atoms with Gasteiger partial charge in [-0.15, -0.1) is 0 Å². The minimum Gasteiger partial charge on any atom is -0.459 e. The van der Waals surface area contributed by atoms with Crippen LogP contribution in [-0.2, 0) is 6.42 Å². The Morgan fingerprint density at radius 1 is 1.21 bits per heavy atom. The van der Waals surface area contributed by atoms with Gasteiger partial charge in [0.05, 0.1) is 6.26 Å². The number of carbonyl (C=O) groups is 1. The minimum atomic E-state index is -0.102. The molecule has 1 aliphatic heterocycles. The van der Waals surface area contributed by atoms with Gasteiger partial charge in [0, 0.05) is 51.0 Å². The number of hydrogen-bond donors (Lipinski definition) is 1. The number of rotatable bonds is 5. The van der Waals surface area contributed by atoms with Crippen LogP contribution in [0.2, 0.25) is 0 Å². The fourth-order valence-electron chi connectivity index (χ4n) is 3.17. The number of furan rings is 1. The van der Waals surface area contributed by atoms with E-state index >= 15 is 0 Å². The third-order valence-electron chi connectivity index (χ3n) is 4.68. The molecule has 3 aromatic rings. The lowest BCUT2D eigenvalue weighted by atomic mass is 10.3. The number of urea groups is 1. The van der Waals surface area contributed by atoms with E-state index in [2.05, 4.69) is 21.4 Å². The van der Waals surface area contributed by atoms with Crippen LogP contribution >= 0.6 is 0 Å². The van der Waals surface area contributed by atoms with Gasteiger partial charge >= 0.3 is 6.03 Å². The molecule has 1 saturated heterocycles. The first-order valence-electron chi connectivity index (χ1n) is 9.37. The second kappa shape index (κ2) is 8.48. The molecule has 9 nitrogen and oxygen atoms in total. The summed E-state index contributed by atoms with van der Waals surface area (Å²) in [4.78, 5) is 24.5. The first-order valence-corrected chi connectivity index (χ1v) is 9.37. The summed E-state index contributed by atoms with van der Waals surface area (Å²) in [5, 5.41) is 12.3. The van der Waals surface area contributed by atoms with Gasteiger partial charge in [0.1, 0.15) is 6.07 Å². The van der Waals surface area contributed by atoms with Crippen LogP contribution in [0.1, 0.15) is 11.4 Å². The maximum atomic E-state index is 12.4. The molecule has 0 aliphatic carbocycles. The summed E-state index contributed by atoms with van der Waals surface area (Å²) in [6.45, 7) is 2.68. The second-order valence-corrected chi connectivity index (χ2v) is 6.54. The molecule has 0 bridgehead atoms. The Morgan fingerprint density at radius 2 is 2.07 bits per heavy atom. The van der Waals surface area contributed by atoms with Crippen molar-refractivity contribution < 1.29 is 13.6 Å². The Bertz CT molecular complexity index is 985. The zero-order valence-corrected chi connectivity index (χ0v) is 15.7. The van der Waals surface area contributed by atoms with E-state index in [1.54, 1.807) is 23.2 Å². The Balaban J connectivity index is 1.31. The van der Waals surface area contributed by atoms with Gasteiger partial charge in [-0.2, -0.15) is 10.2 Å². The summed E-state index contributed by atoms with van der Waals surface area (Å²) in [6, 6.07) is 11.2. The summed E-state index contributed by atoms with van der Waals surface area (Å²) < 4.78 is 11.1. The van der Waals surface area contributed by atoms with Crippen molar-refractivity contribution in [3.05, 3.63) is 54.2 Å². The molecule has 0 saturated carbocycles. The fraction of sp³-hybridized carbons (Fsp3) is 0.300. The second-order valence-electron chi connectivity index (χ2n) is 6.54. The number of nitrogens with one attached hydrogen (secondary N) is 1. The van der Waals surface area contributed by atoms with Crippen molar-refractivity contribution in [1.82, 2.24) is 20.2 Å². The van der Waals surface area contributed by atoms with Crippen LogP contribution in [0.4, 0.5) is 10.7 Å². The van der Waals surface area contributed by atoms with Gasteiger partial charge in [0.15, 0.2) is 5.76 Å². The average Bonchev–Trinajstić information content (AvgIpc) is 3.44. The highest BCUT2D eigenvalue weighted by Crippen LogP contribution is 2.29. The predicted molar refractivity (Wildman–Crippen MR) is 104 cm³/mol. The number of anilines is 1. The van der Waals surface area contributed by atoms with Gasteiger partial charge in [-0.25, -0.2) is 4.79 Å². The highest BCUT2D eigenvalue weighted by atomic mass is 16.4. The monoisotopic (exact) mass is 392 g/mol. The number of carbonyl (C=O) groups excluding carboxylic acids is 1. The van der Waals surface area contributed by atoms with Gasteiger partial charge in [0.25, 0.3) is 5.89 Å². The lowest BCUT2D eigenvalue weighted by Crippen LogP contribution is -2.52. The molecule has 1 aliphatic rings. The molecule has 9 heteroatoms. The lowest BCUT2D eigenvalue weighted by Gasteiger charge is -2.34. The van der Waals surface area contributed by atoms with E-state index < -0.39 is 0 Å². The fourth-order valence-corrected chi connectivity index (χ4v) is 3.17.